The van der Waals surface area contributed by atoms with Crippen molar-refractivity contribution in [3.8, 4) is 22.6 Å². The van der Waals surface area contributed by atoms with Crippen molar-refractivity contribution in [1.82, 2.24) is 14.9 Å². The average Bonchev–Trinajstić information content (AvgIpc) is 3.71. The second kappa shape index (κ2) is 11.8. The van der Waals surface area contributed by atoms with Crippen LogP contribution in [0.15, 0.2) is 42.6 Å². The fourth-order valence-electron chi connectivity index (χ4n) is 4.86. The van der Waals surface area contributed by atoms with Crippen molar-refractivity contribution in [3.63, 3.8) is 0 Å². The quantitative estimate of drug-likeness (QED) is 0.405. The van der Waals surface area contributed by atoms with Gasteiger partial charge in [-0.25, -0.2) is 4.98 Å². The van der Waals surface area contributed by atoms with Crippen molar-refractivity contribution < 1.29 is 14.2 Å². The molecule has 8 heteroatoms. The Morgan fingerprint density at radius 3 is 2.51 bits per heavy atom. The highest BCUT2D eigenvalue weighted by atomic mass is 16.5. The Morgan fingerprint density at radius 1 is 1.03 bits per heavy atom. The van der Waals surface area contributed by atoms with Gasteiger partial charge in [0.1, 0.15) is 23.9 Å². The van der Waals surface area contributed by atoms with Crippen LogP contribution in [-0.4, -0.2) is 60.9 Å². The molecular weight excluding hydrogens is 466 g/mol. The van der Waals surface area contributed by atoms with Gasteiger partial charge in [0.2, 0.25) is 5.95 Å². The lowest BCUT2D eigenvalue weighted by atomic mass is 9.91. The monoisotopic (exact) mass is 503 g/mol. The van der Waals surface area contributed by atoms with Crippen molar-refractivity contribution in [2.75, 3.05) is 57.5 Å². The molecular formula is C29H37N5O3. The molecule has 37 heavy (non-hydrogen) atoms. The van der Waals surface area contributed by atoms with E-state index in [0.29, 0.717) is 25.5 Å². The SMILES string of the molecule is CCOc1cc(Cc2cnc(N)nc2N)cc(CC2CC2)c1-c1ccc(OCCN2CCOCC2)cc1. The molecule has 0 unspecified atom stereocenters. The minimum absolute atomic E-state index is 0.189. The fourth-order valence-corrected chi connectivity index (χ4v) is 4.86. The van der Waals surface area contributed by atoms with Gasteiger partial charge in [0.25, 0.3) is 0 Å². The molecule has 2 heterocycles. The zero-order chi connectivity index (χ0) is 25.6. The number of benzene rings is 2. The topological polar surface area (TPSA) is 109 Å². The van der Waals surface area contributed by atoms with Crippen LogP contribution < -0.4 is 20.9 Å². The van der Waals surface area contributed by atoms with Crippen LogP contribution in [0.5, 0.6) is 11.5 Å². The lowest BCUT2D eigenvalue weighted by molar-refractivity contribution is 0.0322. The van der Waals surface area contributed by atoms with Gasteiger partial charge in [-0.3, -0.25) is 4.90 Å². The summed E-state index contributed by atoms with van der Waals surface area (Å²) in [6.45, 7) is 7.75. The van der Waals surface area contributed by atoms with Gasteiger partial charge in [-0.05, 0) is 67.0 Å². The Balaban J connectivity index is 1.37. The summed E-state index contributed by atoms with van der Waals surface area (Å²) in [4.78, 5) is 10.6. The maximum Gasteiger partial charge on any atom is 0.221 e. The number of hydrogen-bond donors (Lipinski definition) is 2. The van der Waals surface area contributed by atoms with Crippen LogP contribution in [0.1, 0.15) is 36.5 Å². The molecule has 0 radical (unpaired) electrons. The Bertz CT molecular complexity index is 1190. The van der Waals surface area contributed by atoms with Crippen LogP contribution in [0.25, 0.3) is 11.1 Å². The predicted octanol–water partition coefficient (Wildman–Crippen LogP) is 3.96. The Morgan fingerprint density at radius 2 is 1.81 bits per heavy atom. The molecule has 2 fully saturated rings. The van der Waals surface area contributed by atoms with E-state index in [1.807, 2.05) is 6.92 Å². The highest BCUT2D eigenvalue weighted by molar-refractivity contribution is 5.75. The molecule has 5 rings (SSSR count). The number of hydrogen-bond acceptors (Lipinski definition) is 8. The van der Waals surface area contributed by atoms with Crippen molar-refractivity contribution in [1.29, 1.82) is 0 Å². The van der Waals surface area contributed by atoms with Gasteiger partial charge < -0.3 is 25.7 Å². The minimum atomic E-state index is 0.189. The van der Waals surface area contributed by atoms with Gasteiger partial charge in [-0.2, -0.15) is 4.98 Å². The zero-order valence-corrected chi connectivity index (χ0v) is 21.6. The van der Waals surface area contributed by atoms with Crippen molar-refractivity contribution in [2.24, 2.45) is 5.92 Å². The van der Waals surface area contributed by atoms with Crippen molar-refractivity contribution >= 4 is 11.8 Å². The second-order valence-electron chi connectivity index (χ2n) is 9.85. The standard InChI is InChI=1S/C29H37N5O3/c1-2-36-26-18-21(17-24-19-32-29(31)33-28(24)30)16-23(15-20-3-4-20)27(26)22-5-7-25(8-6-22)37-14-11-34-9-12-35-13-10-34/h5-8,16,18-20H,2-4,9-15,17H2,1H3,(H4,30,31,32,33). The third-order valence-electron chi connectivity index (χ3n) is 6.98. The number of aromatic nitrogens is 2. The number of nitrogens with two attached hydrogens (primary N) is 2. The smallest absolute Gasteiger partial charge is 0.221 e. The van der Waals surface area contributed by atoms with Gasteiger partial charge >= 0.3 is 0 Å². The molecule has 0 amide bonds. The lowest BCUT2D eigenvalue weighted by Crippen LogP contribution is -2.38. The van der Waals surface area contributed by atoms with Gasteiger partial charge in [-0.15, -0.1) is 0 Å². The normalized spacial score (nSPS) is 16.0. The molecule has 0 spiro atoms. The Kier molecular flexibility index (Phi) is 8.06. The minimum Gasteiger partial charge on any atom is -0.493 e. The molecule has 1 aliphatic carbocycles. The van der Waals surface area contributed by atoms with Gasteiger partial charge in [-0.1, -0.05) is 18.2 Å². The van der Waals surface area contributed by atoms with E-state index in [1.165, 1.54) is 24.0 Å². The first-order valence-electron chi connectivity index (χ1n) is 13.3. The van der Waals surface area contributed by atoms with E-state index >= 15 is 0 Å². The maximum atomic E-state index is 6.19. The molecule has 8 nitrogen and oxygen atoms in total. The molecule has 1 aromatic heterocycles. The molecule has 2 aliphatic rings. The average molecular weight is 504 g/mol. The summed E-state index contributed by atoms with van der Waals surface area (Å²) in [5, 5.41) is 0. The van der Waals surface area contributed by atoms with E-state index in [9.17, 15) is 0 Å². The number of nitrogen functional groups attached to an aromatic ring is 2. The molecule has 0 bridgehead atoms. The summed E-state index contributed by atoms with van der Waals surface area (Å²) in [5.41, 5.74) is 17.4. The van der Waals surface area contributed by atoms with E-state index in [-0.39, 0.29) is 5.95 Å². The zero-order valence-electron chi connectivity index (χ0n) is 21.6. The van der Waals surface area contributed by atoms with Crippen LogP contribution in [0.3, 0.4) is 0 Å². The third-order valence-corrected chi connectivity index (χ3v) is 6.98. The van der Waals surface area contributed by atoms with Crippen LogP contribution in [0, 0.1) is 5.92 Å². The summed E-state index contributed by atoms with van der Waals surface area (Å²) in [6.07, 6.45) is 5.93. The molecule has 3 aromatic rings. The van der Waals surface area contributed by atoms with E-state index < -0.39 is 0 Å². The molecule has 4 N–H and O–H groups in total. The van der Waals surface area contributed by atoms with Crippen LogP contribution >= 0.6 is 0 Å². The fraction of sp³-hybridized carbons (Fsp3) is 0.448. The molecule has 196 valence electrons. The number of ether oxygens (including phenoxy) is 3. The first kappa shape index (κ1) is 25.3. The van der Waals surface area contributed by atoms with E-state index in [1.54, 1.807) is 6.20 Å². The summed E-state index contributed by atoms with van der Waals surface area (Å²) in [6, 6.07) is 12.8. The maximum absolute atomic E-state index is 6.19. The third kappa shape index (κ3) is 6.70. The molecule has 2 aromatic carbocycles. The first-order chi connectivity index (χ1) is 18.1. The van der Waals surface area contributed by atoms with Gasteiger partial charge in [0.05, 0.1) is 19.8 Å². The lowest BCUT2D eigenvalue weighted by Gasteiger charge is -2.26. The van der Waals surface area contributed by atoms with Crippen molar-refractivity contribution in [2.45, 2.75) is 32.6 Å². The van der Waals surface area contributed by atoms with Gasteiger partial charge in [0, 0.05) is 43.4 Å². The van der Waals surface area contributed by atoms with Crippen molar-refractivity contribution in [3.05, 3.63) is 59.3 Å². The number of rotatable bonds is 11. The Labute approximate surface area is 218 Å². The highest BCUT2D eigenvalue weighted by Gasteiger charge is 2.25. The number of morpholine rings is 1. The summed E-state index contributed by atoms with van der Waals surface area (Å²) in [5.74, 6) is 3.12. The van der Waals surface area contributed by atoms with E-state index in [2.05, 4.69) is 51.3 Å². The van der Waals surface area contributed by atoms with E-state index in [0.717, 1.165) is 73.4 Å². The molecule has 1 saturated carbocycles. The Hall–Kier alpha value is -3.36. The number of anilines is 2. The molecule has 1 aliphatic heterocycles. The predicted molar refractivity (Wildman–Crippen MR) is 146 cm³/mol. The summed E-state index contributed by atoms with van der Waals surface area (Å²) >= 11 is 0. The second-order valence-corrected chi connectivity index (χ2v) is 9.85. The van der Waals surface area contributed by atoms with Crippen LogP contribution in [-0.2, 0) is 17.6 Å². The highest BCUT2D eigenvalue weighted by Crippen LogP contribution is 2.41. The summed E-state index contributed by atoms with van der Waals surface area (Å²) < 4.78 is 17.7. The number of nitrogens with zero attached hydrogens (tertiary/aromatic N) is 3. The molecule has 0 atom stereocenters. The largest absolute Gasteiger partial charge is 0.493 e. The summed E-state index contributed by atoms with van der Waals surface area (Å²) in [7, 11) is 0. The molecule has 1 saturated heterocycles. The van der Waals surface area contributed by atoms with Crippen LogP contribution in [0.4, 0.5) is 11.8 Å². The van der Waals surface area contributed by atoms with E-state index in [4.69, 9.17) is 25.7 Å². The van der Waals surface area contributed by atoms with Gasteiger partial charge in [0.15, 0.2) is 0 Å². The first-order valence-corrected chi connectivity index (χ1v) is 13.3. The van der Waals surface area contributed by atoms with Crippen LogP contribution in [0.2, 0.25) is 0 Å².